The van der Waals surface area contributed by atoms with Gasteiger partial charge >= 0.3 is 0 Å². The maximum Gasteiger partial charge on any atom is 0.265 e. The number of para-hydroxylation sites is 1. The first-order valence-corrected chi connectivity index (χ1v) is 8.64. The second-order valence-electron chi connectivity index (χ2n) is 6.06. The molecule has 0 aliphatic carbocycles. The zero-order valence-corrected chi connectivity index (χ0v) is 14.1. The number of carbonyl (C=O) groups excluding carboxylic acids is 1. The summed E-state index contributed by atoms with van der Waals surface area (Å²) in [5.74, 6) is 0.596. The van der Waals surface area contributed by atoms with E-state index in [9.17, 15) is 4.79 Å². The quantitative estimate of drug-likeness (QED) is 0.870. The maximum atomic E-state index is 12.4. The van der Waals surface area contributed by atoms with Crippen LogP contribution in [0.15, 0.2) is 54.6 Å². The number of amides is 1. The summed E-state index contributed by atoms with van der Waals surface area (Å²) in [7, 11) is 0. The number of carbonyl (C=O) groups is 1. The molecule has 2 aromatic rings. The van der Waals surface area contributed by atoms with Crippen molar-refractivity contribution in [2.75, 3.05) is 23.3 Å². The van der Waals surface area contributed by atoms with Crippen LogP contribution >= 0.6 is 0 Å². The van der Waals surface area contributed by atoms with Gasteiger partial charge in [-0.3, -0.25) is 4.79 Å². The van der Waals surface area contributed by atoms with E-state index in [1.54, 1.807) is 0 Å². The Morgan fingerprint density at radius 3 is 2.38 bits per heavy atom. The lowest BCUT2D eigenvalue weighted by atomic mass is 10.2. The number of nitrogens with zero attached hydrogens (tertiary/aromatic N) is 1. The first-order valence-electron chi connectivity index (χ1n) is 8.64. The van der Waals surface area contributed by atoms with Crippen LogP contribution < -0.4 is 15.0 Å². The van der Waals surface area contributed by atoms with Gasteiger partial charge < -0.3 is 15.0 Å². The molecule has 4 heteroatoms. The lowest BCUT2D eigenvalue weighted by molar-refractivity contribution is -0.122. The van der Waals surface area contributed by atoms with E-state index in [4.69, 9.17) is 4.74 Å². The van der Waals surface area contributed by atoms with Crippen LogP contribution in [0.1, 0.15) is 26.2 Å². The Kier molecular flexibility index (Phi) is 5.36. The molecule has 0 bridgehead atoms. The molecule has 24 heavy (non-hydrogen) atoms. The first-order chi connectivity index (χ1) is 11.8. The van der Waals surface area contributed by atoms with Crippen LogP contribution in [0.3, 0.4) is 0 Å². The number of hydrogen-bond donors (Lipinski definition) is 1. The molecule has 1 amide bonds. The molecule has 1 aliphatic heterocycles. The summed E-state index contributed by atoms with van der Waals surface area (Å²) in [6.45, 7) is 4.19. The lowest BCUT2D eigenvalue weighted by Gasteiger charge is -2.19. The van der Waals surface area contributed by atoms with Gasteiger partial charge in [0.05, 0.1) is 0 Å². The number of anilines is 2. The van der Waals surface area contributed by atoms with Crippen LogP contribution in [-0.4, -0.2) is 25.1 Å². The highest BCUT2D eigenvalue weighted by atomic mass is 16.5. The molecule has 0 spiro atoms. The van der Waals surface area contributed by atoms with Crippen LogP contribution in [-0.2, 0) is 4.79 Å². The fourth-order valence-electron chi connectivity index (χ4n) is 2.94. The highest BCUT2D eigenvalue weighted by molar-refractivity contribution is 5.94. The Morgan fingerprint density at radius 1 is 1.08 bits per heavy atom. The predicted molar refractivity (Wildman–Crippen MR) is 97.7 cm³/mol. The molecular formula is C20H24N2O2. The van der Waals surface area contributed by atoms with Gasteiger partial charge in [0.1, 0.15) is 5.75 Å². The fourth-order valence-corrected chi connectivity index (χ4v) is 2.94. The lowest BCUT2D eigenvalue weighted by Crippen LogP contribution is -2.32. The molecule has 126 valence electrons. The topological polar surface area (TPSA) is 41.6 Å². The van der Waals surface area contributed by atoms with E-state index < -0.39 is 6.10 Å². The third kappa shape index (κ3) is 4.07. The van der Waals surface area contributed by atoms with Gasteiger partial charge in [0.25, 0.3) is 5.91 Å². The second-order valence-corrected chi connectivity index (χ2v) is 6.06. The standard InChI is InChI=1S/C20H24N2O2/c1-2-19(24-18-8-4-3-5-9-18)20(23)21-16-10-12-17(13-11-16)22-14-6-7-15-22/h3-5,8-13,19H,2,6-7,14-15H2,1H3,(H,21,23). The summed E-state index contributed by atoms with van der Waals surface area (Å²) in [6, 6.07) is 17.5. The molecule has 1 unspecified atom stereocenters. The van der Waals surface area contributed by atoms with Gasteiger partial charge in [-0.1, -0.05) is 25.1 Å². The zero-order chi connectivity index (χ0) is 16.8. The van der Waals surface area contributed by atoms with E-state index in [1.165, 1.54) is 18.5 Å². The Bertz CT molecular complexity index is 649. The minimum absolute atomic E-state index is 0.115. The molecule has 1 fully saturated rings. The van der Waals surface area contributed by atoms with Crippen molar-refractivity contribution in [3.63, 3.8) is 0 Å². The zero-order valence-electron chi connectivity index (χ0n) is 14.1. The molecule has 1 aliphatic rings. The summed E-state index contributed by atoms with van der Waals surface area (Å²) >= 11 is 0. The Hall–Kier alpha value is -2.49. The predicted octanol–water partition coefficient (Wildman–Crippen LogP) is 4.08. The SMILES string of the molecule is CCC(Oc1ccccc1)C(=O)Nc1ccc(N2CCCC2)cc1. The van der Waals surface area contributed by atoms with Crippen molar-refractivity contribution < 1.29 is 9.53 Å². The average molecular weight is 324 g/mol. The van der Waals surface area contributed by atoms with Crippen molar-refractivity contribution in [1.82, 2.24) is 0 Å². The van der Waals surface area contributed by atoms with E-state index in [0.29, 0.717) is 12.2 Å². The van der Waals surface area contributed by atoms with Crippen molar-refractivity contribution in [1.29, 1.82) is 0 Å². The van der Waals surface area contributed by atoms with Gasteiger partial charge in [0, 0.05) is 24.5 Å². The van der Waals surface area contributed by atoms with E-state index >= 15 is 0 Å². The van der Waals surface area contributed by atoms with Crippen LogP contribution in [0, 0.1) is 0 Å². The number of hydrogen-bond acceptors (Lipinski definition) is 3. The summed E-state index contributed by atoms with van der Waals surface area (Å²) in [4.78, 5) is 14.8. The average Bonchev–Trinajstić information content (AvgIpc) is 3.16. The van der Waals surface area contributed by atoms with E-state index in [0.717, 1.165) is 18.8 Å². The van der Waals surface area contributed by atoms with Gasteiger partial charge in [-0.25, -0.2) is 0 Å². The molecule has 1 heterocycles. The van der Waals surface area contributed by atoms with Gasteiger partial charge in [0.2, 0.25) is 0 Å². The molecular weight excluding hydrogens is 300 g/mol. The van der Waals surface area contributed by atoms with Crippen molar-refractivity contribution >= 4 is 17.3 Å². The third-order valence-electron chi connectivity index (χ3n) is 4.29. The summed E-state index contributed by atoms with van der Waals surface area (Å²) in [5, 5.41) is 2.95. The Morgan fingerprint density at radius 2 is 1.75 bits per heavy atom. The Labute approximate surface area is 143 Å². The van der Waals surface area contributed by atoms with Crippen molar-refractivity contribution in [3.8, 4) is 5.75 Å². The molecule has 1 saturated heterocycles. The Balaban J connectivity index is 1.60. The molecule has 0 aromatic heterocycles. The number of nitrogens with one attached hydrogen (secondary N) is 1. The van der Waals surface area contributed by atoms with Gasteiger partial charge in [0.15, 0.2) is 6.10 Å². The highest BCUT2D eigenvalue weighted by Gasteiger charge is 2.19. The molecule has 3 rings (SSSR count). The van der Waals surface area contributed by atoms with E-state index in [1.807, 2.05) is 49.4 Å². The number of rotatable bonds is 6. The largest absolute Gasteiger partial charge is 0.481 e. The minimum Gasteiger partial charge on any atom is -0.481 e. The van der Waals surface area contributed by atoms with Crippen molar-refractivity contribution in [2.45, 2.75) is 32.3 Å². The van der Waals surface area contributed by atoms with Crippen molar-refractivity contribution in [2.24, 2.45) is 0 Å². The summed E-state index contributed by atoms with van der Waals surface area (Å²) in [5.41, 5.74) is 2.02. The van der Waals surface area contributed by atoms with Gasteiger partial charge in [-0.2, -0.15) is 0 Å². The monoisotopic (exact) mass is 324 g/mol. The van der Waals surface area contributed by atoms with Gasteiger partial charge in [-0.15, -0.1) is 0 Å². The third-order valence-corrected chi connectivity index (χ3v) is 4.29. The molecule has 1 atom stereocenters. The molecule has 0 radical (unpaired) electrons. The fraction of sp³-hybridized carbons (Fsp3) is 0.350. The maximum absolute atomic E-state index is 12.4. The van der Waals surface area contributed by atoms with Crippen LogP contribution in [0.5, 0.6) is 5.75 Å². The van der Waals surface area contributed by atoms with Crippen LogP contribution in [0.4, 0.5) is 11.4 Å². The van der Waals surface area contributed by atoms with E-state index in [-0.39, 0.29) is 5.91 Å². The molecule has 2 aromatic carbocycles. The number of ether oxygens (including phenoxy) is 1. The molecule has 4 nitrogen and oxygen atoms in total. The normalized spacial score (nSPS) is 15.1. The van der Waals surface area contributed by atoms with Crippen molar-refractivity contribution in [3.05, 3.63) is 54.6 Å². The number of benzene rings is 2. The van der Waals surface area contributed by atoms with Crippen LogP contribution in [0.2, 0.25) is 0 Å². The van der Waals surface area contributed by atoms with Crippen LogP contribution in [0.25, 0.3) is 0 Å². The first kappa shape index (κ1) is 16.4. The summed E-state index contributed by atoms with van der Waals surface area (Å²) < 4.78 is 5.78. The molecule has 1 N–H and O–H groups in total. The highest BCUT2D eigenvalue weighted by Crippen LogP contribution is 2.22. The summed E-state index contributed by atoms with van der Waals surface area (Å²) in [6.07, 6.45) is 2.64. The smallest absolute Gasteiger partial charge is 0.265 e. The minimum atomic E-state index is -0.495. The second kappa shape index (κ2) is 7.86. The van der Waals surface area contributed by atoms with E-state index in [2.05, 4.69) is 22.3 Å². The van der Waals surface area contributed by atoms with Gasteiger partial charge in [-0.05, 0) is 55.7 Å². The molecule has 0 saturated carbocycles.